The van der Waals surface area contributed by atoms with Gasteiger partial charge in [-0.2, -0.15) is 0 Å². The highest BCUT2D eigenvalue weighted by atomic mass is 16.6. The SMILES string of the molecule is C1COCCN1.CCN(Cc1cccc([N+](=O)[O-])c1)C(=O)N(C)C. The first-order valence-electron chi connectivity index (χ1n) is 7.93. The number of carbonyl (C=O) groups is 1. The number of nitro groups is 1. The van der Waals surface area contributed by atoms with Gasteiger partial charge in [-0.15, -0.1) is 0 Å². The van der Waals surface area contributed by atoms with Crippen LogP contribution in [0.25, 0.3) is 0 Å². The highest BCUT2D eigenvalue weighted by Crippen LogP contribution is 2.15. The number of rotatable bonds is 4. The average Bonchev–Trinajstić information content (AvgIpc) is 2.61. The van der Waals surface area contributed by atoms with Crippen LogP contribution in [-0.2, 0) is 11.3 Å². The Morgan fingerprint density at radius 2 is 2.00 bits per heavy atom. The Kier molecular flexibility index (Phi) is 8.74. The number of benzene rings is 1. The van der Waals surface area contributed by atoms with Crippen molar-refractivity contribution in [2.75, 3.05) is 46.9 Å². The van der Waals surface area contributed by atoms with Crippen molar-refractivity contribution in [3.8, 4) is 0 Å². The molecule has 24 heavy (non-hydrogen) atoms. The summed E-state index contributed by atoms with van der Waals surface area (Å²) in [7, 11) is 3.36. The molecule has 2 amide bonds. The number of urea groups is 1. The van der Waals surface area contributed by atoms with Crippen LogP contribution in [-0.4, -0.2) is 67.7 Å². The quantitative estimate of drug-likeness (QED) is 0.667. The Morgan fingerprint density at radius 3 is 2.42 bits per heavy atom. The minimum Gasteiger partial charge on any atom is -0.379 e. The van der Waals surface area contributed by atoms with E-state index in [0.29, 0.717) is 13.1 Å². The molecule has 134 valence electrons. The van der Waals surface area contributed by atoms with Crippen LogP contribution in [0.3, 0.4) is 0 Å². The van der Waals surface area contributed by atoms with Gasteiger partial charge in [0, 0.05) is 52.4 Å². The molecule has 0 bridgehead atoms. The summed E-state index contributed by atoms with van der Waals surface area (Å²) < 4.78 is 5.01. The van der Waals surface area contributed by atoms with Crippen LogP contribution in [0.1, 0.15) is 12.5 Å². The summed E-state index contributed by atoms with van der Waals surface area (Å²) in [4.78, 5) is 25.2. The molecule has 0 aliphatic carbocycles. The Labute approximate surface area is 142 Å². The normalized spacial score (nSPS) is 13.5. The predicted molar refractivity (Wildman–Crippen MR) is 92.0 cm³/mol. The molecular formula is C16H26N4O4. The fourth-order valence-corrected chi connectivity index (χ4v) is 2.10. The van der Waals surface area contributed by atoms with E-state index in [1.807, 2.05) is 6.92 Å². The van der Waals surface area contributed by atoms with Crippen LogP contribution in [0.5, 0.6) is 0 Å². The molecule has 0 unspecified atom stereocenters. The Bertz CT molecular complexity index is 521. The van der Waals surface area contributed by atoms with E-state index in [9.17, 15) is 14.9 Å². The molecule has 1 aliphatic heterocycles. The van der Waals surface area contributed by atoms with Crippen molar-refractivity contribution >= 4 is 11.7 Å². The molecule has 2 rings (SSSR count). The molecule has 1 aliphatic rings. The third kappa shape index (κ3) is 6.93. The van der Waals surface area contributed by atoms with Gasteiger partial charge in [0.2, 0.25) is 0 Å². The van der Waals surface area contributed by atoms with Gasteiger partial charge in [0.05, 0.1) is 18.1 Å². The van der Waals surface area contributed by atoms with Gasteiger partial charge in [0.15, 0.2) is 0 Å². The van der Waals surface area contributed by atoms with Crippen molar-refractivity contribution in [1.29, 1.82) is 0 Å². The van der Waals surface area contributed by atoms with Crippen LogP contribution in [0.2, 0.25) is 0 Å². The maximum absolute atomic E-state index is 11.8. The van der Waals surface area contributed by atoms with Gasteiger partial charge in [0.1, 0.15) is 0 Å². The fourth-order valence-electron chi connectivity index (χ4n) is 2.10. The third-order valence-corrected chi connectivity index (χ3v) is 3.38. The lowest BCUT2D eigenvalue weighted by atomic mass is 10.2. The number of nitrogens with zero attached hydrogens (tertiary/aromatic N) is 3. The number of nitrogens with one attached hydrogen (secondary N) is 1. The minimum absolute atomic E-state index is 0.0425. The number of amides is 2. The number of morpholine rings is 1. The van der Waals surface area contributed by atoms with Gasteiger partial charge in [-0.25, -0.2) is 4.79 Å². The largest absolute Gasteiger partial charge is 0.379 e. The van der Waals surface area contributed by atoms with Crippen molar-refractivity contribution in [2.24, 2.45) is 0 Å². The first kappa shape index (κ1) is 19.9. The number of carbonyl (C=O) groups excluding carboxylic acids is 1. The zero-order valence-corrected chi connectivity index (χ0v) is 14.5. The highest BCUT2D eigenvalue weighted by Gasteiger charge is 2.15. The highest BCUT2D eigenvalue weighted by molar-refractivity contribution is 5.73. The fraction of sp³-hybridized carbons (Fsp3) is 0.562. The number of hydrogen-bond acceptors (Lipinski definition) is 5. The van der Waals surface area contributed by atoms with Crippen LogP contribution in [0, 0.1) is 10.1 Å². The van der Waals surface area contributed by atoms with E-state index >= 15 is 0 Å². The molecule has 1 aromatic rings. The second-order valence-electron chi connectivity index (χ2n) is 5.48. The summed E-state index contributed by atoms with van der Waals surface area (Å²) in [6.45, 7) is 6.63. The number of hydrogen-bond donors (Lipinski definition) is 1. The van der Waals surface area contributed by atoms with E-state index in [4.69, 9.17) is 4.74 Å². The van der Waals surface area contributed by atoms with Gasteiger partial charge in [-0.1, -0.05) is 12.1 Å². The summed E-state index contributed by atoms with van der Waals surface area (Å²) in [5, 5.41) is 13.8. The van der Waals surface area contributed by atoms with Crippen molar-refractivity contribution < 1.29 is 14.5 Å². The molecule has 0 radical (unpaired) electrons. The number of ether oxygens (including phenoxy) is 1. The molecule has 8 heteroatoms. The Morgan fingerprint density at radius 1 is 1.33 bits per heavy atom. The van der Waals surface area contributed by atoms with Crippen molar-refractivity contribution in [3.05, 3.63) is 39.9 Å². The number of nitro benzene ring substituents is 1. The third-order valence-electron chi connectivity index (χ3n) is 3.38. The smallest absolute Gasteiger partial charge is 0.319 e. The molecule has 0 aromatic heterocycles. The van der Waals surface area contributed by atoms with Crippen molar-refractivity contribution in [3.63, 3.8) is 0 Å². The van der Waals surface area contributed by atoms with Gasteiger partial charge in [0.25, 0.3) is 5.69 Å². The molecule has 8 nitrogen and oxygen atoms in total. The first-order chi connectivity index (χ1) is 11.5. The molecule has 1 N–H and O–H groups in total. The van der Waals surface area contributed by atoms with Crippen LogP contribution in [0.15, 0.2) is 24.3 Å². The topological polar surface area (TPSA) is 88.0 Å². The van der Waals surface area contributed by atoms with Gasteiger partial charge in [-0.3, -0.25) is 10.1 Å². The molecule has 1 aromatic carbocycles. The van der Waals surface area contributed by atoms with Crippen molar-refractivity contribution in [1.82, 2.24) is 15.1 Å². The predicted octanol–water partition coefficient (Wildman–Crippen LogP) is 1.70. The van der Waals surface area contributed by atoms with Gasteiger partial charge < -0.3 is 19.9 Å². The zero-order chi connectivity index (χ0) is 17.9. The lowest BCUT2D eigenvalue weighted by molar-refractivity contribution is -0.384. The standard InChI is InChI=1S/C12H17N3O3.C4H9NO/c1-4-14(12(16)13(2)3)9-10-6-5-7-11(8-10)15(17)18;1-3-6-4-2-5-1/h5-8H,4,9H2,1-3H3;5H,1-4H2. The molecule has 1 heterocycles. The summed E-state index contributed by atoms with van der Waals surface area (Å²) in [5.74, 6) is 0. The summed E-state index contributed by atoms with van der Waals surface area (Å²) in [6.07, 6.45) is 0. The van der Waals surface area contributed by atoms with E-state index < -0.39 is 4.92 Å². The molecule has 0 saturated carbocycles. The number of non-ortho nitro benzene ring substituents is 1. The lowest BCUT2D eigenvalue weighted by Crippen LogP contribution is -2.38. The zero-order valence-electron chi connectivity index (χ0n) is 14.5. The van der Waals surface area contributed by atoms with Crippen LogP contribution < -0.4 is 5.32 Å². The monoisotopic (exact) mass is 338 g/mol. The van der Waals surface area contributed by atoms with E-state index in [1.165, 1.54) is 17.0 Å². The van der Waals surface area contributed by atoms with Crippen LogP contribution in [0.4, 0.5) is 10.5 Å². The second kappa shape index (κ2) is 10.6. The van der Waals surface area contributed by atoms with E-state index in [0.717, 1.165) is 31.9 Å². The van der Waals surface area contributed by atoms with Crippen LogP contribution >= 0.6 is 0 Å². The average molecular weight is 338 g/mol. The summed E-state index contributed by atoms with van der Waals surface area (Å²) >= 11 is 0. The molecule has 0 spiro atoms. The maximum atomic E-state index is 11.8. The van der Waals surface area contributed by atoms with E-state index in [-0.39, 0.29) is 11.7 Å². The first-order valence-corrected chi connectivity index (χ1v) is 7.93. The lowest BCUT2D eigenvalue weighted by Gasteiger charge is -2.24. The Balaban J connectivity index is 0.000000400. The van der Waals surface area contributed by atoms with E-state index in [1.54, 1.807) is 31.1 Å². The molecular weight excluding hydrogens is 312 g/mol. The minimum atomic E-state index is -0.437. The second-order valence-corrected chi connectivity index (χ2v) is 5.48. The maximum Gasteiger partial charge on any atom is 0.319 e. The summed E-state index contributed by atoms with van der Waals surface area (Å²) in [6, 6.07) is 6.23. The Hall–Kier alpha value is -2.19. The van der Waals surface area contributed by atoms with Crippen molar-refractivity contribution in [2.45, 2.75) is 13.5 Å². The summed E-state index contributed by atoms with van der Waals surface area (Å²) in [5.41, 5.74) is 0.794. The molecule has 0 atom stereocenters. The van der Waals surface area contributed by atoms with Gasteiger partial charge >= 0.3 is 6.03 Å². The molecule has 1 fully saturated rings. The van der Waals surface area contributed by atoms with E-state index in [2.05, 4.69) is 5.32 Å². The molecule has 1 saturated heterocycles. The van der Waals surface area contributed by atoms with Gasteiger partial charge in [-0.05, 0) is 12.5 Å².